The molecule has 0 aromatic rings. The molecule has 0 aliphatic carbocycles. The Labute approximate surface area is 166 Å². The molecule has 3 N–H and O–H groups in total. The van der Waals surface area contributed by atoms with Crippen LogP contribution in [0.4, 0.5) is 0 Å². The number of hydrogen-bond acceptors (Lipinski definition) is 4. The van der Waals surface area contributed by atoms with Crippen LogP contribution in [0.5, 0.6) is 0 Å². The lowest BCUT2D eigenvalue weighted by Gasteiger charge is -2.16. The Morgan fingerprint density at radius 2 is 1.56 bits per heavy atom. The summed E-state index contributed by atoms with van der Waals surface area (Å²) in [5.41, 5.74) is 1.04. The van der Waals surface area contributed by atoms with Gasteiger partial charge in [0.05, 0.1) is 19.3 Å². The summed E-state index contributed by atoms with van der Waals surface area (Å²) >= 11 is 0. The minimum atomic E-state index is -0.196. The predicted octanol–water partition coefficient (Wildman–Crippen LogP) is 4.34. The van der Waals surface area contributed by atoms with E-state index in [9.17, 15) is 9.90 Å². The fourth-order valence-electron chi connectivity index (χ4n) is 3.61. The van der Waals surface area contributed by atoms with Gasteiger partial charge < -0.3 is 10.4 Å². The van der Waals surface area contributed by atoms with E-state index in [0.29, 0.717) is 19.5 Å². The molecule has 1 aliphatic heterocycles. The molecule has 0 fully saturated rings. The first-order valence-corrected chi connectivity index (χ1v) is 11.4. The predicted molar refractivity (Wildman–Crippen MR) is 114 cm³/mol. The number of carbonyl (C=O) groups is 1. The van der Waals surface area contributed by atoms with E-state index in [1.165, 1.54) is 70.6 Å². The number of rotatable bonds is 18. The van der Waals surface area contributed by atoms with Crippen molar-refractivity contribution in [1.82, 2.24) is 10.6 Å². The molecule has 1 atom stereocenters. The number of aliphatic hydroxyl groups excluding tert-OH is 1. The molecule has 0 bridgehead atoms. The zero-order chi connectivity index (χ0) is 19.6. The normalized spacial score (nSPS) is 15.0. The second-order valence-electron chi connectivity index (χ2n) is 7.95. The van der Waals surface area contributed by atoms with Crippen molar-refractivity contribution in [3.8, 4) is 0 Å². The number of unbranched alkanes of at least 4 members (excludes halogenated alkanes) is 12. The van der Waals surface area contributed by atoms with E-state index in [1.807, 2.05) is 0 Å². The minimum absolute atomic E-state index is 0.0244. The first-order chi connectivity index (χ1) is 13.3. The molecule has 0 saturated carbocycles. The fourth-order valence-corrected chi connectivity index (χ4v) is 3.61. The summed E-state index contributed by atoms with van der Waals surface area (Å²) in [6.45, 7) is 3.66. The molecule has 0 aromatic carbocycles. The third-order valence-corrected chi connectivity index (χ3v) is 5.32. The molecule has 0 radical (unpaired) electrons. The smallest absolute Gasteiger partial charge is 0.220 e. The van der Waals surface area contributed by atoms with Crippen molar-refractivity contribution in [3.63, 3.8) is 0 Å². The molecule has 158 valence electrons. The van der Waals surface area contributed by atoms with Gasteiger partial charge in [0.2, 0.25) is 5.91 Å². The average molecular weight is 382 g/mol. The first-order valence-electron chi connectivity index (χ1n) is 11.4. The van der Waals surface area contributed by atoms with Crippen molar-refractivity contribution in [2.45, 2.75) is 109 Å². The van der Waals surface area contributed by atoms with Crippen molar-refractivity contribution < 1.29 is 9.90 Å². The van der Waals surface area contributed by atoms with Crippen LogP contribution in [-0.4, -0.2) is 42.6 Å². The van der Waals surface area contributed by atoms with Crippen LogP contribution < -0.4 is 10.6 Å². The van der Waals surface area contributed by atoms with Gasteiger partial charge in [0.1, 0.15) is 0 Å². The van der Waals surface area contributed by atoms with E-state index in [-0.39, 0.29) is 18.6 Å². The lowest BCUT2D eigenvalue weighted by molar-refractivity contribution is -0.122. The maximum atomic E-state index is 12.0. The van der Waals surface area contributed by atoms with Crippen LogP contribution in [0.2, 0.25) is 0 Å². The number of carbonyl (C=O) groups excluding carboxylic acids is 1. The van der Waals surface area contributed by atoms with E-state index in [1.54, 1.807) is 0 Å². The Morgan fingerprint density at radius 1 is 1.00 bits per heavy atom. The summed E-state index contributed by atoms with van der Waals surface area (Å²) in [6, 6.07) is -0.196. The van der Waals surface area contributed by atoms with Gasteiger partial charge in [-0.25, -0.2) is 0 Å². The van der Waals surface area contributed by atoms with Gasteiger partial charge in [0.15, 0.2) is 0 Å². The average Bonchev–Trinajstić information content (AvgIpc) is 3.18. The van der Waals surface area contributed by atoms with Gasteiger partial charge >= 0.3 is 0 Å². The van der Waals surface area contributed by atoms with E-state index in [2.05, 4.69) is 22.5 Å². The number of hydrogen-bond donors (Lipinski definition) is 3. The Balaban J connectivity index is 1.87. The summed E-state index contributed by atoms with van der Waals surface area (Å²) in [5.74, 6) is 0.0590. The molecule has 1 heterocycles. The number of amides is 1. The number of nitrogens with one attached hydrogen (secondary N) is 2. The van der Waals surface area contributed by atoms with E-state index in [0.717, 1.165) is 25.1 Å². The maximum Gasteiger partial charge on any atom is 0.220 e. The molecule has 1 amide bonds. The van der Waals surface area contributed by atoms with Crippen molar-refractivity contribution >= 4 is 11.6 Å². The second-order valence-corrected chi connectivity index (χ2v) is 7.95. The molecule has 0 spiro atoms. The molecule has 0 aromatic heterocycles. The zero-order valence-corrected chi connectivity index (χ0v) is 17.6. The summed E-state index contributed by atoms with van der Waals surface area (Å²) in [5, 5.41) is 15.5. The SMILES string of the molecule is CCCCCCCCCCCCCCCC(=O)NC(CO)CC1=NCNC1. The summed E-state index contributed by atoms with van der Waals surface area (Å²) in [6.07, 6.45) is 18.3. The molecule has 0 saturated heterocycles. The molecule has 5 nitrogen and oxygen atoms in total. The Hall–Kier alpha value is -0.940. The van der Waals surface area contributed by atoms with Crippen LogP contribution in [0, 0.1) is 0 Å². The number of aliphatic imine (C=N–C) groups is 1. The lowest BCUT2D eigenvalue weighted by Crippen LogP contribution is -2.39. The van der Waals surface area contributed by atoms with Crippen LogP contribution in [0.1, 0.15) is 103 Å². The maximum absolute atomic E-state index is 12.0. The van der Waals surface area contributed by atoms with Crippen LogP contribution in [0.3, 0.4) is 0 Å². The molecule has 27 heavy (non-hydrogen) atoms. The fraction of sp³-hybridized carbons (Fsp3) is 0.909. The standard InChI is InChI=1S/C22H43N3O2/c1-2-3-4-5-6-7-8-9-10-11-12-13-14-15-22(27)25-21(18-26)16-20-17-23-19-24-20/h21,23,26H,2-19H2,1H3,(H,25,27). The first kappa shape index (κ1) is 24.1. The molecule has 1 unspecified atom stereocenters. The Morgan fingerprint density at radius 3 is 2.04 bits per heavy atom. The van der Waals surface area contributed by atoms with E-state index >= 15 is 0 Å². The van der Waals surface area contributed by atoms with Crippen molar-refractivity contribution in [2.75, 3.05) is 19.8 Å². The summed E-state index contributed by atoms with van der Waals surface area (Å²) in [4.78, 5) is 16.3. The van der Waals surface area contributed by atoms with Gasteiger partial charge in [-0.05, 0) is 6.42 Å². The van der Waals surface area contributed by atoms with Crippen LogP contribution in [-0.2, 0) is 4.79 Å². The monoisotopic (exact) mass is 381 g/mol. The van der Waals surface area contributed by atoms with Crippen LogP contribution >= 0.6 is 0 Å². The molecule has 1 rings (SSSR count). The lowest BCUT2D eigenvalue weighted by atomic mass is 10.0. The van der Waals surface area contributed by atoms with Gasteiger partial charge in [0.25, 0.3) is 0 Å². The van der Waals surface area contributed by atoms with E-state index in [4.69, 9.17) is 0 Å². The highest BCUT2D eigenvalue weighted by Gasteiger charge is 2.15. The minimum Gasteiger partial charge on any atom is -0.394 e. The van der Waals surface area contributed by atoms with Gasteiger partial charge in [-0.2, -0.15) is 0 Å². The van der Waals surface area contributed by atoms with Crippen molar-refractivity contribution in [1.29, 1.82) is 0 Å². The Bertz CT molecular complexity index is 399. The van der Waals surface area contributed by atoms with Gasteiger partial charge in [0, 0.05) is 25.1 Å². The summed E-state index contributed by atoms with van der Waals surface area (Å²) in [7, 11) is 0. The number of nitrogens with zero attached hydrogens (tertiary/aromatic N) is 1. The molecule has 5 heteroatoms. The zero-order valence-electron chi connectivity index (χ0n) is 17.6. The second kappa shape index (κ2) is 17.2. The third kappa shape index (κ3) is 13.8. The largest absolute Gasteiger partial charge is 0.394 e. The number of aliphatic hydroxyl groups is 1. The van der Waals surface area contributed by atoms with Crippen molar-refractivity contribution in [2.24, 2.45) is 4.99 Å². The van der Waals surface area contributed by atoms with E-state index < -0.39 is 0 Å². The third-order valence-electron chi connectivity index (χ3n) is 5.32. The van der Waals surface area contributed by atoms with Crippen LogP contribution in [0.15, 0.2) is 4.99 Å². The van der Waals surface area contributed by atoms with Crippen molar-refractivity contribution in [3.05, 3.63) is 0 Å². The quantitative estimate of drug-likeness (QED) is 0.309. The highest BCUT2D eigenvalue weighted by atomic mass is 16.3. The van der Waals surface area contributed by atoms with Crippen LogP contribution in [0.25, 0.3) is 0 Å². The van der Waals surface area contributed by atoms with Gasteiger partial charge in [-0.1, -0.05) is 84.0 Å². The molecule has 1 aliphatic rings. The highest BCUT2D eigenvalue weighted by Crippen LogP contribution is 2.13. The molecular formula is C22H43N3O2. The van der Waals surface area contributed by atoms with Gasteiger partial charge in [-0.15, -0.1) is 0 Å². The highest BCUT2D eigenvalue weighted by molar-refractivity contribution is 5.88. The Kier molecular flexibility index (Phi) is 15.3. The molecular weight excluding hydrogens is 338 g/mol. The summed E-state index contributed by atoms with van der Waals surface area (Å²) < 4.78 is 0. The van der Waals surface area contributed by atoms with Gasteiger partial charge in [-0.3, -0.25) is 15.1 Å². The topological polar surface area (TPSA) is 73.7 Å².